The molecule has 0 fully saturated rings. The van der Waals surface area contributed by atoms with Crippen LogP contribution in [-0.4, -0.2) is 60.6 Å². The molecular weight excluding hydrogens is 462 g/mol. The molecule has 0 saturated heterocycles. The van der Waals surface area contributed by atoms with Crippen molar-refractivity contribution in [3.63, 3.8) is 0 Å². The quantitative estimate of drug-likeness (QED) is 0.274. The minimum absolute atomic E-state index is 0.0340. The number of alkyl carbamates (subject to hydrolysis) is 1. The molecule has 9 nitrogen and oxygen atoms in total. The van der Waals surface area contributed by atoms with E-state index < -0.39 is 35.5 Å². The molecule has 0 aliphatic heterocycles. The van der Waals surface area contributed by atoms with E-state index >= 15 is 0 Å². The van der Waals surface area contributed by atoms with Gasteiger partial charge in [-0.05, 0) is 39.7 Å². The Kier molecular flexibility index (Phi) is 14.2. The molecule has 0 bridgehead atoms. The van der Waals surface area contributed by atoms with Crippen molar-refractivity contribution in [2.24, 2.45) is 0 Å². The lowest BCUT2D eigenvalue weighted by molar-refractivity contribution is -0.143. The van der Waals surface area contributed by atoms with E-state index in [9.17, 15) is 19.2 Å². The molecule has 0 radical (unpaired) electrons. The molecule has 9 heteroatoms. The Labute approximate surface area is 215 Å². The van der Waals surface area contributed by atoms with E-state index in [4.69, 9.17) is 9.47 Å². The monoisotopic (exact) mass is 505 g/mol. The minimum atomic E-state index is -0.910. The maximum absolute atomic E-state index is 13.3. The number of hydrogen-bond acceptors (Lipinski definition) is 6. The zero-order valence-corrected chi connectivity index (χ0v) is 22.4. The van der Waals surface area contributed by atoms with Crippen molar-refractivity contribution in [2.45, 2.75) is 84.8 Å². The van der Waals surface area contributed by atoms with Crippen LogP contribution in [0, 0.1) is 0 Å². The summed E-state index contributed by atoms with van der Waals surface area (Å²) in [5.41, 5.74) is -0.0531. The first-order chi connectivity index (χ1) is 17.1. The van der Waals surface area contributed by atoms with Crippen LogP contribution in [-0.2, 0) is 23.9 Å². The molecule has 202 valence electrons. The summed E-state index contributed by atoms with van der Waals surface area (Å²) < 4.78 is 10.2. The number of amides is 3. The summed E-state index contributed by atoms with van der Waals surface area (Å²) in [6.45, 7) is 9.48. The first-order valence-electron chi connectivity index (χ1n) is 12.8. The maximum atomic E-state index is 13.3. The molecule has 1 aromatic carbocycles. The highest BCUT2D eigenvalue weighted by Gasteiger charge is 2.31. The average molecular weight is 506 g/mol. The lowest BCUT2D eigenvalue weighted by atomic mass is 10.0. The van der Waals surface area contributed by atoms with Crippen LogP contribution in [0.15, 0.2) is 30.3 Å². The molecule has 0 saturated carbocycles. The SMILES string of the molecule is CCCCCCCN(C(=O)CNC(=O)OC(C)(C)C)C(C(=O)NCCC(=O)OCC)c1ccccc1. The smallest absolute Gasteiger partial charge is 0.408 e. The van der Waals surface area contributed by atoms with E-state index in [1.165, 1.54) is 4.90 Å². The molecule has 1 rings (SSSR count). The molecule has 3 amide bonds. The van der Waals surface area contributed by atoms with E-state index in [0.717, 1.165) is 32.1 Å². The third-order valence-corrected chi connectivity index (χ3v) is 5.21. The van der Waals surface area contributed by atoms with E-state index in [1.807, 2.05) is 6.07 Å². The maximum Gasteiger partial charge on any atom is 0.408 e. The highest BCUT2D eigenvalue weighted by Crippen LogP contribution is 2.22. The second-order valence-corrected chi connectivity index (χ2v) is 9.52. The van der Waals surface area contributed by atoms with Gasteiger partial charge in [0.1, 0.15) is 18.2 Å². The van der Waals surface area contributed by atoms with Gasteiger partial charge in [0.15, 0.2) is 0 Å². The summed E-state index contributed by atoms with van der Waals surface area (Å²) in [7, 11) is 0. The number of nitrogens with one attached hydrogen (secondary N) is 2. The highest BCUT2D eigenvalue weighted by atomic mass is 16.6. The number of carbonyl (C=O) groups excluding carboxylic acids is 4. The van der Waals surface area contributed by atoms with E-state index in [0.29, 0.717) is 12.1 Å². The Bertz CT molecular complexity index is 823. The normalized spacial score (nSPS) is 11.8. The van der Waals surface area contributed by atoms with E-state index in [-0.39, 0.29) is 26.1 Å². The Morgan fingerprint density at radius 1 is 0.944 bits per heavy atom. The standard InChI is InChI=1S/C27H43N3O6/c1-6-8-9-10-14-19-30(22(31)20-29-26(34)36-27(3,4)5)24(21-15-12-11-13-16-21)25(33)28-18-17-23(32)35-7-2/h11-13,15-16,24H,6-10,14,17-20H2,1-5H3,(H,28,33)(H,29,34). The minimum Gasteiger partial charge on any atom is -0.466 e. The van der Waals surface area contributed by atoms with Gasteiger partial charge in [0.2, 0.25) is 11.8 Å². The van der Waals surface area contributed by atoms with Gasteiger partial charge in [0.05, 0.1) is 13.0 Å². The molecule has 0 heterocycles. The summed E-state index contributed by atoms with van der Waals surface area (Å²) >= 11 is 0. The molecule has 1 unspecified atom stereocenters. The van der Waals surface area contributed by atoms with Crippen LogP contribution in [0.25, 0.3) is 0 Å². The van der Waals surface area contributed by atoms with Crippen molar-refractivity contribution in [2.75, 3.05) is 26.2 Å². The topological polar surface area (TPSA) is 114 Å². The van der Waals surface area contributed by atoms with Crippen LogP contribution in [0.5, 0.6) is 0 Å². The number of carbonyl (C=O) groups is 4. The number of benzene rings is 1. The third kappa shape index (κ3) is 12.6. The van der Waals surface area contributed by atoms with Crippen molar-refractivity contribution < 1.29 is 28.7 Å². The Morgan fingerprint density at radius 2 is 1.61 bits per heavy atom. The number of ether oxygens (including phenoxy) is 2. The number of nitrogens with zero attached hydrogens (tertiary/aromatic N) is 1. The van der Waals surface area contributed by atoms with Gasteiger partial charge >= 0.3 is 12.1 Å². The lowest BCUT2D eigenvalue weighted by Crippen LogP contribution is -2.48. The number of unbranched alkanes of at least 4 members (excludes halogenated alkanes) is 4. The predicted molar refractivity (Wildman–Crippen MR) is 138 cm³/mol. The number of esters is 1. The van der Waals surface area contributed by atoms with Crippen LogP contribution < -0.4 is 10.6 Å². The van der Waals surface area contributed by atoms with Crippen LogP contribution in [0.4, 0.5) is 4.79 Å². The summed E-state index contributed by atoms with van der Waals surface area (Å²) in [5.74, 6) is -1.20. The van der Waals surface area contributed by atoms with Crippen molar-refractivity contribution in [3.05, 3.63) is 35.9 Å². The Morgan fingerprint density at radius 3 is 2.22 bits per heavy atom. The Hall–Kier alpha value is -3.10. The first kappa shape index (κ1) is 30.9. The van der Waals surface area contributed by atoms with Gasteiger partial charge in [-0.15, -0.1) is 0 Å². The third-order valence-electron chi connectivity index (χ3n) is 5.21. The largest absolute Gasteiger partial charge is 0.466 e. The van der Waals surface area contributed by atoms with Crippen molar-refractivity contribution >= 4 is 23.9 Å². The fourth-order valence-electron chi connectivity index (χ4n) is 3.57. The van der Waals surface area contributed by atoms with E-state index in [1.54, 1.807) is 52.0 Å². The second-order valence-electron chi connectivity index (χ2n) is 9.52. The van der Waals surface area contributed by atoms with Crippen LogP contribution in [0.1, 0.15) is 84.7 Å². The van der Waals surface area contributed by atoms with Gasteiger partial charge in [-0.2, -0.15) is 0 Å². The zero-order valence-electron chi connectivity index (χ0n) is 22.4. The highest BCUT2D eigenvalue weighted by molar-refractivity contribution is 5.90. The summed E-state index contributed by atoms with van der Waals surface area (Å²) in [5, 5.41) is 5.27. The molecule has 36 heavy (non-hydrogen) atoms. The van der Waals surface area contributed by atoms with Crippen molar-refractivity contribution in [1.29, 1.82) is 0 Å². The molecule has 0 aromatic heterocycles. The predicted octanol–water partition coefficient (Wildman–Crippen LogP) is 4.12. The van der Waals surface area contributed by atoms with Gasteiger partial charge in [-0.25, -0.2) is 4.79 Å². The fourth-order valence-corrected chi connectivity index (χ4v) is 3.57. The molecule has 1 aromatic rings. The zero-order chi connectivity index (χ0) is 27.0. The first-order valence-corrected chi connectivity index (χ1v) is 12.8. The van der Waals surface area contributed by atoms with Gasteiger partial charge in [-0.1, -0.05) is 62.9 Å². The van der Waals surface area contributed by atoms with Crippen LogP contribution in [0.3, 0.4) is 0 Å². The molecule has 0 spiro atoms. The van der Waals surface area contributed by atoms with Crippen LogP contribution >= 0.6 is 0 Å². The van der Waals surface area contributed by atoms with Gasteiger partial charge in [-0.3, -0.25) is 14.4 Å². The lowest BCUT2D eigenvalue weighted by Gasteiger charge is -2.32. The van der Waals surface area contributed by atoms with Gasteiger partial charge < -0.3 is 25.0 Å². The second kappa shape index (κ2) is 16.5. The summed E-state index contributed by atoms with van der Waals surface area (Å²) in [6, 6.07) is 8.10. The molecule has 0 aliphatic carbocycles. The van der Waals surface area contributed by atoms with Crippen LogP contribution in [0.2, 0.25) is 0 Å². The van der Waals surface area contributed by atoms with E-state index in [2.05, 4.69) is 17.6 Å². The Balaban J connectivity index is 3.06. The molecular formula is C27H43N3O6. The van der Waals surface area contributed by atoms with Crippen molar-refractivity contribution in [1.82, 2.24) is 15.5 Å². The number of rotatable bonds is 15. The fraction of sp³-hybridized carbons (Fsp3) is 0.630. The average Bonchev–Trinajstić information content (AvgIpc) is 2.81. The molecule has 2 N–H and O–H groups in total. The summed E-state index contributed by atoms with van der Waals surface area (Å²) in [6.07, 6.45) is 4.21. The number of hydrogen-bond donors (Lipinski definition) is 2. The van der Waals surface area contributed by atoms with Gasteiger partial charge in [0, 0.05) is 13.1 Å². The van der Waals surface area contributed by atoms with Crippen molar-refractivity contribution in [3.8, 4) is 0 Å². The molecule has 0 aliphatic rings. The van der Waals surface area contributed by atoms with Gasteiger partial charge in [0.25, 0.3) is 0 Å². The molecule has 1 atom stereocenters. The summed E-state index contributed by atoms with van der Waals surface area (Å²) in [4.78, 5) is 52.0.